The minimum Gasteiger partial charge on any atom is -0.497 e. The Labute approximate surface area is 172 Å². The Bertz CT molecular complexity index is 696. The van der Waals surface area contributed by atoms with Crippen molar-refractivity contribution in [2.75, 3.05) is 20.7 Å². The standard InChI is InChI=1S/C21H32N4O4/c1-4-25(2)21(27)29-17-10-7-15(12-17)18-13-19(24-23-18)22-20(26)11-14-5-8-16(28-3)9-6-14/h5-6,8-9,15,17-19,23-24H,4,7,10-13H2,1-3H3,(H,22,26)/t15-,17+,18?,19?/m0/s1. The van der Waals surface area contributed by atoms with Crippen molar-refractivity contribution in [1.82, 2.24) is 21.1 Å². The number of benzene rings is 1. The number of carbonyl (C=O) groups is 2. The number of nitrogens with zero attached hydrogens (tertiary/aromatic N) is 1. The molecule has 1 saturated heterocycles. The highest BCUT2D eigenvalue weighted by Gasteiger charge is 2.37. The van der Waals surface area contributed by atoms with Crippen LogP contribution in [0.4, 0.5) is 4.79 Å². The lowest BCUT2D eigenvalue weighted by molar-refractivity contribution is -0.121. The molecule has 2 aliphatic rings. The van der Waals surface area contributed by atoms with Crippen LogP contribution in [-0.2, 0) is 16.0 Å². The molecule has 2 unspecified atom stereocenters. The van der Waals surface area contributed by atoms with E-state index in [4.69, 9.17) is 9.47 Å². The summed E-state index contributed by atoms with van der Waals surface area (Å²) in [5.74, 6) is 1.19. The van der Waals surface area contributed by atoms with Crippen LogP contribution in [0.15, 0.2) is 24.3 Å². The van der Waals surface area contributed by atoms with Crippen molar-refractivity contribution in [1.29, 1.82) is 0 Å². The van der Waals surface area contributed by atoms with E-state index < -0.39 is 0 Å². The van der Waals surface area contributed by atoms with Gasteiger partial charge in [-0.2, -0.15) is 0 Å². The summed E-state index contributed by atoms with van der Waals surface area (Å²) in [5.41, 5.74) is 7.44. The summed E-state index contributed by atoms with van der Waals surface area (Å²) in [6.07, 6.45) is 3.54. The number of amides is 2. The van der Waals surface area contributed by atoms with Crippen LogP contribution in [-0.4, -0.2) is 55.9 Å². The molecule has 2 amide bonds. The second-order valence-electron chi connectivity index (χ2n) is 7.87. The summed E-state index contributed by atoms with van der Waals surface area (Å²) in [6, 6.07) is 7.77. The molecule has 4 atom stereocenters. The monoisotopic (exact) mass is 404 g/mol. The van der Waals surface area contributed by atoms with E-state index in [0.29, 0.717) is 18.9 Å². The van der Waals surface area contributed by atoms with E-state index in [0.717, 1.165) is 37.0 Å². The Morgan fingerprint density at radius 3 is 2.62 bits per heavy atom. The van der Waals surface area contributed by atoms with Gasteiger partial charge in [-0.1, -0.05) is 12.1 Å². The van der Waals surface area contributed by atoms with E-state index in [1.807, 2.05) is 31.2 Å². The maximum absolute atomic E-state index is 12.3. The summed E-state index contributed by atoms with van der Waals surface area (Å²) in [6.45, 7) is 2.57. The molecule has 1 aromatic rings. The van der Waals surface area contributed by atoms with Gasteiger partial charge in [0, 0.05) is 19.6 Å². The highest BCUT2D eigenvalue weighted by Crippen LogP contribution is 2.33. The molecule has 1 aliphatic carbocycles. The van der Waals surface area contributed by atoms with Crippen LogP contribution in [0.25, 0.3) is 0 Å². The first-order chi connectivity index (χ1) is 14.0. The number of hydrogen-bond donors (Lipinski definition) is 3. The lowest BCUT2D eigenvalue weighted by atomic mass is 9.96. The SMILES string of the molecule is CCN(C)C(=O)O[C@@H]1CC[C@H](C2CC(NC(=O)Cc3ccc(OC)cc3)NN2)C1. The van der Waals surface area contributed by atoms with Gasteiger partial charge in [-0.15, -0.1) is 0 Å². The summed E-state index contributed by atoms with van der Waals surface area (Å²) in [4.78, 5) is 25.9. The van der Waals surface area contributed by atoms with Crippen molar-refractivity contribution in [3.05, 3.63) is 29.8 Å². The second-order valence-corrected chi connectivity index (χ2v) is 7.87. The topological polar surface area (TPSA) is 91.9 Å². The van der Waals surface area contributed by atoms with E-state index in [1.165, 1.54) is 0 Å². The lowest BCUT2D eigenvalue weighted by Gasteiger charge is -2.20. The van der Waals surface area contributed by atoms with Crippen LogP contribution in [0, 0.1) is 5.92 Å². The molecule has 1 aliphatic heterocycles. The molecular formula is C21H32N4O4. The van der Waals surface area contributed by atoms with Crippen molar-refractivity contribution in [2.45, 2.75) is 57.3 Å². The first-order valence-electron chi connectivity index (χ1n) is 10.3. The smallest absolute Gasteiger partial charge is 0.409 e. The third-order valence-electron chi connectivity index (χ3n) is 5.84. The van der Waals surface area contributed by atoms with Crippen LogP contribution in [0.3, 0.4) is 0 Å². The normalized spacial score (nSPS) is 26.2. The Morgan fingerprint density at radius 1 is 1.17 bits per heavy atom. The molecule has 0 radical (unpaired) electrons. The van der Waals surface area contributed by atoms with Crippen LogP contribution >= 0.6 is 0 Å². The van der Waals surface area contributed by atoms with Crippen molar-refractivity contribution in [2.24, 2.45) is 5.92 Å². The molecule has 0 aromatic heterocycles. The predicted molar refractivity (Wildman–Crippen MR) is 109 cm³/mol. The molecule has 160 valence electrons. The molecule has 3 rings (SSSR count). The third-order valence-corrected chi connectivity index (χ3v) is 5.84. The highest BCUT2D eigenvalue weighted by molar-refractivity contribution is 5.78. The van der Waals surface area contributed by atoms with E-state index in [-0.39, 0.29) is 30.3 Å². The molecule has 1 heterocycles. The number of ether oxygens (including phenoxy) is 2. The molecule has 1 saturated carbocycles. The zero-order valence-corrected chi connectivity index (χ0v) is 17.4. The van der Waals surface area contributed by atoms with Crippen LogP contribution < -0.4 is 20.9 Å². The first kappa shape index (κ1) is 21.4. The van der Waals surface area contributed by atoms with Gasteiger partial charge in [0.2, 0.25) is 5.91 Å². The van der Waals surface area contributed by atoms with Gasteiger partial charge in [0.1, 0.15) is 11.9 Å². The van der Waals surface area contributed by atoms with Gasteiger partial charge in [0.25, 0.3) is 0 Å². The molecule has 8 heteroatoms. The molecule has 8 nitrogen and oxygen atoms in total. The average molecular weight is 405 g/mol. The highest BCUT2D eigenvalue weighted by atomic mass is 16.6. The van der Waals surface area contributed by atoms with Gasteiger partial charge in [-0.25, -0.2) is 10.2 Å². The molecule has 3 N–H and O–H groups in total. The number of methoxy groups -OCH3 is 1. The number of nitrogens with one attached hydrogen (secondary N) is 3. The van der Waals surface area contributed by atoms with Crippen molar-refractivity contribution >= 4 is 12.0 Å². The van der Waals surface area contributed by atoms with E-state index in [2.05, 4.69) is 16.2 Å². The van der Waals surface area contributed by atoms with E-state index >= 15 is 0 Å². The minimum atomic E-state index is -0.251. The average Bonchev–Trinajstić information content (AvgIpc) is 3.37. The van der Waals surface area contributed by atoms with Gasteiger partial charge < -0.3 is 19.7 Å². The fourth-order valence-corrected chi connectivity index (χ4v) is 3.97. The van der Waals surface area contributed by atoms with Crippen LogP contribution in [0.5, 0.6) is 5.75 Å². The zero-order valence-electron chi connectivity index (χ0n) is 17.4. The minimum absolute atomic E-state index is 0.0176. The molecular weight excluding hydrogens is 372 g/mol. The third kappa shape index (κ3) is 5.83. The van der Waals surface area contributed by atoms with Gasteiger partial charge in [-0.05, 0) is 56.2 Å². The quantitative estimate of drug-likeness (QED) is 0.642. The molecule has 2 fully saturated rings. The van der Waals surface area contributed by atoms with Crippen LogP contribution in [0.1, 0.15) is 38.2 Å². The number of rotatable bonds is 7. The number of hydrazine groups is 1. The summed E-state index contributed by atoms with van der Waals surface area (Å²) >= 11 is 0. The van der Waals surface area contributed by atoms with Gasteiger partial charge in [0.15, 0.2) is 0 Å². The van der Waals surface area contributed by atoms with Gasteiger partial charge in [-0.3, -0.25) is 10.2 Å². The van der Waals surface area contributed by atoms with Crippen LogP contribution in [0.2, 0.25) is 0 Å². The Kier molecular flexibility index (Phi) is 7.33. The van der Waals surface area contributed by atoms with E-state index in [1.54, 1.807) is 19.1 Å². The molecule has 1 aromatic carbocycles. The Hall–Kier alpha value is -2.32. The maximum Gasteiger partial charge on any atom is 0.409 e. The summed E-state index contributed by atoms with van der Waals surface area (Å²) in [5, 5.41) is 3.04. The predicted octanol–water partition coefficient (Wildman–Crippen LogP) is 1.80. The Morgan fingerprint density at radius 2 is 1.93 bits per heavy atom. The van der Waals surface area contributed by atoms with Crippen molar-refractivity contribution in [3.63, 3.8) is 0 Å². The Balaban J connectivity index is 1.40. The fourth-order valence-electron chi connectivity index (χ4n) is 3.97. The lowest BCUT2D eigenvalue weighted by Crippen LogP contribution is -2.45. The maximum atomic E-state index is 12.3. The molecule has 0 bridgehead atoms. The first-order valence-corrected chi connectivity index (χ1v) is 10.3. The number of carbonyl (C=O) groups excluding carboxylic acids is 2. The van der Waals surface area contributed by atoms with Gasteiger partial charge in [0.05, 0.1) is 19.7 Å². The summed E-state index contributed by atoms with van der Waals surface area (Å²) in [7, 11) is 3.37. The second kappa shape index (κ2) is 9.93. The fraction of sp³-hybridized carbons (Fsp3) is 0.619. The molecule has 0 spiro atoms. The van der Waals surface area contributed by atoms with E-state index in [9.17, 15) is 9.59 Å². The number of hydrogen-bond acceptors (Lipinski definition) is 6. The molecule has 29 heavy (non-hydrogen) atoms. The van der Waals surface area contributed by atoms with Crippen molar-refractivity contribution < 1.29 is 19.1 Å². The largest absolute Gasteiger partial charge is 0.497 e. The summed E-state index contributed by atoms with van der Waals surface area (Å²) < 4.78 is 10.7. The van der Waals surface area contributed by atoms with Crippen molar-refractivity contribution in [3.8, 4) is 5.75 Å². The van der Waals surface area contributed by atoms with Gasteiger partial charge >= 0.3 is 6.09 Å². The zero-order chi connectivity index (χ0) is 20.8.